The number of hydrogen-bond acceptors (Lipinski definition) is 3. The second-order valence-electron chi connectivity index (χ2n) is 5.01. The third-order valence-electron chi connectivity index (χ3n) is 3.11. The van der Waals surface area contributed by atoms with E-state index in [9.17, 15) is 34.8 Å². The lowest BCUT2D eigenvalue weighted by Gasteiger charge is -2.14. The molecule has 0 saturated heterocycles. The number of rotatable bonds is 5. The molecular weight excluding hydrogens is 388 g/mol. The first kappa shape index (κ1) is 20.0. The van der Waals surface area contributed by atoms with E-state index in [0.717, 1.165) is 42.5 Å². The van der Waals surface area contributed by atoms with Crippen molar-refractivity contribution in [2.75, 3.05) is 0 Å². The summed E-state index contributed by atoms with van der Waals surface area (Å²) >= 11 is 0. The molecule has 2 aromatic carbocycles. The van der Waals surface area contributed by atoms with E-state index in [1.807, 2.05) is 4.72 Å². The topological polar surface area (TPSA) is 55.4 Å². The maximum absolute atomic E-state index is 12.5. The van der Waals surface area contributed by atoms with Gasteiger partial charge in [-0.2, -0.15) is 13.2 Å². The quantitative estimate of drug-likeness (QED) is 0.771. The number of benzene rings is 2. The van der Waals surface area contributed by atoms with Crippen LogP contribution in [0.1, 0.15) is 11.1 Å². The van der Waals surface area contributed by atoms with Crippen molar-refractivity contribution in [3.8, 4) is 5.75 Å². The zero-order valence-corrected chi connectivity index (χ0v) is 13.5. The molecule has 0 spiro atoms. The lowest BCUT2D eigenvalue weighted by atomic mass is 10.1. The van der Waals surface area contributed by atoms with Crippen LogP contribution in [0.3, 0.4) is 0 Å². The summed E-state index contributed by atoms with van der Waals surface area (Å²) in [4.78, 5) is -0.746. The fraction of sp³-hybridized carbons (Fsp3) is 0.200. The van der Waals surface area contributed by atoms with E-state index in [0.29, 0.717) is 0 Å². The standard InChI is InChI=1S/C15H11F6NO3S/c16-14(17,18)11-7-5-10(6-8-11)9-22-26(23,24)13-4-2-1-3-12(13)25-15(19,20)21/h1-8,22H,9H2. The van der Waals surface area contributed by atoms with Crippen molar-refractivity contribution in [1.82, 2.24) is 4.72 Å². The van der Waals surface area contributed by atoms with Crippen LogP contribution in [0.5, 0.6) is 5.75 Å². The van der Waals surface area contributed by atoms with Gasteiger partial charge in [-0.15, -0.1) is 13.2 Å². The minimum atomic E-state index is -5.08. The van der Waals surface area contributed by atoms with E-state index in [-0.39, 0.29) is 5.56 Å². The SMILES string of the molecule is O=S(=O)(NCc1ccc(C(F)(F)F)cc1)c1ccccc1OC(F)(F)F. The largest absolute Gasteiger partial charge is 0.573 e. The fourth-order valence-corrected chi connectivity index (χ4v) is 3.09. The molecule has 26 heavy (non-hydrogen) atoms. The van der Waals surface area contributed by atoms with Crippen LogP contribution in [0.2, 0.25) is 0 Å². The lowest BCUT2D eigenvalue weighted by molar-refractivity contribution is -0.275. The predicted octanol–water partition coefficient (Wildman–Crippen LogP) is 4.08. The molecule has 0 aliphatic heterocycles. The first-order chi connectivity index (χ1) is 11.9. The number of alkyl halides is 6. The molecule has 0 aliphatic carbocycles. The molecule has 142 valence electrons. The highest BCUT2D eigenvalue weighted by atomic mass is 32.2. The highest BCUT2D eigenvalue weighted by Crippen LogP contribution is 2.30. The Labute approximate surface area is 144 Å². The maximum atomic E-state index is 12.5. The van der Waals surface area contributed by atoms with Crippen LogP contribution in [0, 0.1) is 0 Å². The van der Waals surface area contributed by atoms with Crippen LogP contribution >= 0.6 is 0 Å². The van der Waals surface area contributed by atoms with Crippen LogP contribution in [0.4, 0.5) is 26.3 Å². The Bertz CT molecular complexity index is 860. The molecule has 0 aromatic heterocycles. The van der Waals surface area contributed by atoms with Gasteiger partial charge in [-0.3, -0.25) is 0 Å². The van der Waals surface area contributed by atoms with Gasteiger partial charge in [-0.25, -0.2) is 13.1 Å². The first-order valence-electron chi connectivity index (χ1n) is 6.89. The van der Waals surface area contributed by atoms with Crippen molar-refractivity contribution in [3.63, 3.8) is 0 Å². The molecule has 0 unspecified atom stereocenters. The van der Waals surface area contributed by atoms with Gasteiger partial charge in [0, 0.05) is 6.54 Å². The smallest absolute Gasteiger partial charge is 0.404 e. The van der Waals surface area contributed by atoms with E-state index in [2.05, 4.69) is 4.74 Å². The molecule has 0 aliphatic rings. The third-order valence-corrected chi connectivity index (χ3v) is 4.55. The minimum absolute atomic E-state index is 0.191. The zero-order chi connectivity index (χ0) is 19.6. The number of hydrogen-bond donors (Lipinski definition) is 1. The number of halogens is 6. The molecule has 4 nitrogen and oxygen atoms in total. The molecule has 1 N–H and O–H groups in total. The molecule has 0 radical (unpaired) electrons. The van der Waals surface area contributed by atoms with Crippen molar-refractivity contribution >= 4 is 10.0 Å². The number of ether oxygens (including phenoxy) is 1. The second kappa shape index (κ2) is 7.16. The molecule has 0 bridgehead atoms. The Morgan fingerprint density at radius 1 is 0.885 bits per heavy atom. The van der Waals surface area contributed by atoms with E-state index >= 15 is 0 Å². The molecule has 2 rings (SSSR count). The predicted molar refractivity (Wildman–Crippen MR) is 78.6 cm³/mol. The summed E-state index contributed by atoms with van der Waals surface area (Å²) < 4.78 is 105. The molecule has 2 aromatic rings. The third kappa shape index (κ3) is 5.36. The highest BCUT2D eigenvalue weighted by molar-refractivity contribution is 7.89. The van der Waals surface area contributed by atoms with Crippen molar-refractivity contribution < 1.29 is 39.5 Å². The molecule has 0 atom stereocenters. The summed E-state index contributed by atoms with van der Waals surface area (Å²) in [5.74, 6) is -0.917. The van der Waals surface area contributed by atoms with Crippen LogP contribution in [-0.2, 0) is 22.7 Å². The second-order valence-corrected chi connectivity index (χ2v) is 6.75. The van der Waals surface area contributed by atoms with Gasteiger partial charge in [0.05, 0.1) is 5.56 Å². The van der Waals surface area contributed by atoms with E-state index in [1.165, 1.54) is 6.07 Å². The fourth-order valence-electron chi connectivity index (χ4n) is 1.95. The van der Waals surface area contributed by atoms with Gasteiger partial charge >= 0.3 is 12.5 Å². The Balaban J connectivity index is 2.17. The summed E-state index contributed by atoms with van der Waals surface area (Å²) in [6.45, 7) is -0.416. The van der Waals surface area contributed by atoms with Gasteiger partial charge in [0.1, 0.15) is 10.6 Å². The van der Waals surface area contributed by atoms with Crippen LogP contribution in [-0.4, -0.2) is 14.8 Å². The number of nitrogens with one attached hydrogen (secondary N) is 1. The number of sulfonamides is 1. The van der Waals surface area contributed by atoms with Crippen LogP contribution < -0.4 is 9.46 Å². The van der Waals surface area contributed by atoms with E-state index in [4.69, 9.17) is 0 Å². The summed E-state index contributed by atoms with van der Waals surface area (Å²) in [5.41, 5.74) is -0.719. The van der Waals surface area contributed by atoms with Crippen molar-refractivity contribution in [2.45, 2.75) is 24.0 Å². The Kier molecular flexibility index (Phi) is 5.52. The molecule has 0 fully saturated rings. The zero-order valence-electron chi connectivity index (χ0n) is 12.7. The van der Waals surface area contributed by atoms with E-state index < -0.39 is 45.3 Å². The van der Waals surface area contributed by atoms with Crippen LogP contribution in [0.25, 0.3) is 0 Å². The normalized spacial score (nSPS) is 12.8. The van der Waals surface area contributed by atoms with Crippen LogP contribution in [0.15, 0.2) is 53.4 Å². The Morgan fingerprint density at radius 3 is 2.00 bits per heavy atom. The number of para-hydroxylation sites is 1. The highest BCUT2D eigenvalue weighted by Gasteiger charge is 2.34. The molecule has 0 saturated carbocycles. The van der Waals surface area contributed by atoms with Gasteiger partial charge < -0.3 is 4.74 Å². The van der Waals surface area contributed by atoms with Gasteiger partial charge in [0.2, 0.25) is 10.0 Å². The summed E-state index contributed by atoms with van der Waals surface area (Å²) in [5, 5.41) is 0. The molecule has 11 heteroatoms. The van der Waals surface area contributed by atoms with Crippen molar-refractivity contribution in [2.24, 2.45) is 0 Å². The van der Waals surface area contributed by atoms with Crippen molar-refractivity contribution in [3.05, 3.63) is 59.7 Å². The monoisotopic (exact) mass is 399 g/mol. The minimum Gasteiger partial charge on any atom is -0.404 e. The van der Waals surface area contributed by atoms with Gasteiger partial charge in [0.25, 0.3) is 0 Å². The molecular formula is C15H11F6NO3S. The Hall–Kier alpha value is -2.27. The summed E-state index contributed by atoms with van der Waals surface area (Å²) in [6.07, 6.45) is -9.62. The van der Waals surface area contributed by atoms with E-state index in [1.54, 1.807) is 0 Å². The average molecular weight is 399 g/mol. The average Bonchev–Trinajstić information content (AvgIpc) is 2.51. The maximum Gasteiger partial charge on any atom is 0.573 e. The lowest BCUT2D eigenvalue weighted by Crippen LogP contribution is -2.25. The first-order valence-corrected chi connectivity index (χ1v) is 8.37. The van der Waals surface area contributed by atoms with Gasteiger partial charge in [-0.05, 0) is 29.8 Å². The van der Waals surface area contributed by atoms with Gasteiger partial charge in [0.15, 0.2) is 0 Å². The summed E-state index contributed by atoms with van der Waals surface area (Å²) in [6, 6.07) is 7.77. The van der Waals surface area contributed by atoms with Gasteiger partial charge in [-0.1, -0.05) is 24.3 Å². The Morgan fingerprint density at radius 2 is 1.46 bits per heavy atom. The molecule has 0 amide bonds. The van der Waals surface area contributed by atoms with Crippen molar-refractivity contribution in [1.29, 1.82) is 0 Å². The molecule has 0 heterocycles. The summed E-state index contributed by atoms with van der Waals surface area (Å²) in [7, 11) is -4.40.